The molecule has 0 fully saturated rings. The molecule has 6 N–H and O–H groups in total. The summed E-state index contributed by atoms with van der Waals surface area (Å²) in [4.78, 5) is 23.0. The maximum atomic E-state index is 11.6. The molecule has 0 aromatic carbocycles. The van der Waals surface area contributed by atoms with E-state index < -0.39 is 48.3 Å². The summed E-state index contributed by atoms with van der Waals surface area (Å²) in [5.41, 5.74) is 4.42. The quantitative estimate of drug-likeness (QED) is 0.260. The molecule has 0 spiro atoms. The van der Waals surface area contributed by atoms with Gasteiger partial charge in [0.25, 0.3) is 5.78 Å². The van der Waals surface area contributed by atoms with E-state index in [4.69, 9.17) is 20.7 Å². The monoisotopic (exact) mass is 279 g/mol. The van der Waals surface area contributed by atoms with Crippen molar-refractivity contribution < 1.29 is 34.8 Å². The zero-order chi connectivity index (χ0) is 15.4. The van der Waals surface area contributed by atoms with Crippen LogP contribution in [0.25, 0.3) is 0 Å². The highest BCUT2D eigenvalue weighted by atomic mass is 16.6. The number of ether oxygens (including phenoxy) is 1. The number of hydrogen-bond acceptors (Lipinski definition) is 8. The van der Waals surface area contributed by atoms with Gasteiger partial charge < -0.3 is 30.9 Å². The lowest BCUT2D eigenvalue weighted by Crippen LogP contribution is -2.55. The summed E-state index contributed by atoms with van der Waals surface area (Å²) in [7, 11) is 0. The van der Waals surface area contributed by atoms with Gasteiger partial charge in [-0.25, -0.2) is 4.79 Å². The average Bonchev–Trinajstić information content (AvgIpc) is 2.31. The summed E-state index contributed by atoms with van der Waals surface area (Å²) < 4.78 is 4.76. The van der Waals surface area contributed by atoms with Crippen LogP contribution < -0.4 is 5.73 Å². The standard InChI is InChI=1S/C11H21NO7/c1-11(2,3)19-10(18)9(17)6(12)8(16)7(15)5(14)4-13/h5-8,13-16H,4,12H2,1-3H3/t5-,6-,7-,8-/m1/s1. The second-order valence-corrected chi connectivity index (χ2v) is 5.12. The van der Waals surface area contributed by atoms with Crippen molar-refractivity contribution in [3.63, 3.8) is 0 Å². The molecule has 8 heteroatoms. The van der Waals surface area contributed by atoms with Crippen LogP contribution in [0.1, 0.15) is 20.8 Å². The molecule has 0 radical (unpaired) electrons. The molecular formula is C11H21NO7. The molecule has 0 bridgehead atoms. The molecular weight excluding hydrogens is 258 g/mol. The molecule has 0 amide bonds. The summed E-state index contributed by atoms with van der Waals surface area (Å²) in [6.07, 6.45) is -5.43. The first-order valence-electron chi connectivity index (χ1n) is 5.69. The molecule has 0 aliphatic rings. The summed E-state index contributed by atoms with van der Waals surface area (Å²) in [5, 5.41) is 36.6. The fraction of sp³-hybridized carbons (Fsp3) is 0.818. The minimum Gasteiger partial charge on any atom is -0.454 e. The Hall–Kier alpha value is -1.06. The van der Waals surface area contributed by atoms with E-state index in [2.05, 4.69) is 0 Å². The fourth-order valence-corrected chi connectivity index (χ4v) is 1.17. The van der Waals surface area contributed by atoms with Crippen molar-refractivity contribution in [2.75, 3.05) is 6.61 Å². The first kappa shape index (κ1) is 17.9. The number of aliphatic hydroxyl groups is 4. The van der Waals surface area contributed by atoms with Crippen LogP contribution in [0.5, 0.6) is 0 Å². The van der Waals surface area contributed by atoms with E-state index in [0.29, 0.717) is 0 Å². The van der Waals surface area contributed by atoms with Crippen LogP contribution in [0.2, 0.25) is 0 Å². The third-order valence-corrected chi connectivity index (χ3v) is 2.20. The van der Waals surface area contributed by atoms with E-state index in [9.17, 15) is 19.8 Å². The lowest BCUT2D eigenvalue weighted by atomic mass is 9.98. The van der Waals surface area contributed by atoms with Gasteiger partial charge in [0.1, 0.15) is 30.0 Å². The molecule has 0 heterocycles. The van der Waals surface area contributed by atoms with E-state index in [1.807, 2.05) is 0 Å². The Labute approximate surface area is 110 Å². The first-order chi connectivity index (χ1) is 8.51. The van der Waals surface area contributed by atoms with Crippen LogP contribution in [0.15, 0.2) is 0 Å². The Morgan fingerprint density at radius 2 is 1.63 bits per heavy atom. The molecule has 0 aliphatic heterocycles. The van der Waals surface area contributed by atoms with Gasteiger partial charge in [-0.1, -0.05) is 0 Å². The van der Waals surface area contributed by atoms with Gasteiger partial charge in [-0.2, -0.15) is 0 Å². The van der Waals surface area contributed by atoms with E-state index in [1.165, 1.54) is 0 Å². The minimum atomic E-state index is -1.90. The lowest BCUT2D eigenvalue weighted by molar-refractivity contribution is -0.165. The number of carbonyl (C=O) groups excluding carboxylic acids is 2. The Morgan fingerprint density at radius 3 is 2.00 bits per heavy atom. The van der Waals surface area contributed by atoms with Gasteiger partial charge in [0, 0.05) is 0 Å². The van der Waals surface area contributed by atoms with Crippen LogP contribution in [0.3, 0.4) is 0 Å². The second kappa shape index (κ2) is 6.92. The number of nitrogens with two attached hydrogens (primary N) is 1. The van der Waals surface area contributed by atoms with Crippen LogP contribution in [-0.2, 0) is 14.3 Å². The molecule has 0 saturated heterocycles. The van der Waals surface area contributed by atoms with Gasteiger partial charge in [-0.3, -0.25) is 4.79 Å². The van der Waals surface area contributed by atoms with Crippen molar-refractivity contribution in [3.05, 3.63) is 0 Å². The summed E-state index contributed by atoms with van der Waals surface area (Å²) in [6, 6.07) is -1.76. The topological polar surface area (TPSA) is 150 Å². The van der Waals surface area contributed by atoms with Crippen molar-refractivity contribution in [3.8, 4) is 0 Å². The van der Waals surface area contributed by atoms with Crippen LogP contribution in [-0.4, -0.2) is 68.7 Å². The molecule has 0 saturated carbocycles. The normalized spacial score (nSPS) is 18.3. The average molecular weight is 279 g/mol. The zero-order valence-corrected chi connectivity index (χ0v) is 11.1. The predicted octanol–water partition coefficient (Wildman–Crippen LogP) is -2.70. The lowest BCUT2D eigenvalue weighted by Gasteiger charge is -2.26. The van der Waals surface area contributed by atoms with Gasteiger partial charge in [0.05, 0.1) is 6.61 Å². The molecule has 112 valence electrons. The molecule has 19 heavy (non-hydrogen) atoms. The van der Waals surface area contributed by atoms with Gasteiger partial charge >= 0.3 is 5.97 Å². The van der Waals surface area contributed by atoms with Crippen LogP contribution in [0, 0.1) is 0 Å². The van der Waals surface area contributed by atoms with Gasteiger partial charge in [0.2, 0.25) is 0 Å². The smallest absolute Gasteiger partial charge is 0.376 e. The molecule has 0 aromatic heterocycles. The SMILES string of the molecule is CC(C)(C)OC(=O)C(=O)[C@H](N)[C@@H](O)[C@H](O)[C@H](O)CO. The molecule has 0 rings (SSSR count). The number of Topliss-reactive ketones (excluding diaryl/α,β-unsaturated/α-hetero) is 1. The number of aliphatic hydroxyl groups excluding tert-OH is 4. The van der Waals surface area contributed by atoms with Gasteiger partial charge in [-0.05, 0) is 20.8 Å². The van der Waals surface area contributed by atoms with Gasteiger partial charge in [0.15, 0.2) is 0 Å². The third-order valence-electron chi connectivity index (χ3n) is 2.20. The van der Waals surface area contributed by atoms with Crippen LogP contribution >= 0.6 is 0 Å². The largest absolute Gasteiger partial charge is 0.454 e. The van der Waals surface area contributed by atoms with E-state index >= 15 is 0 Å². The van der Waals surface area contributed by atoms with E-state index in [-0.39, 0.29) is 0 Å². The molecule has 4 atom stereocenters. The van der Waals surface area contributed by atoms with Crippen molar-refractivity contribution in [1.82, 2.24) is 0 Å². The van der Waals surface area contributed by atoms with Crippen molar-refractivity contribution in [1.29, 1.82) is 0 Å². The Morgan fingerprint density at radius 1 is 1.16 bits per heavy atom. The molecule has 0 aromatic rings. The first-order valence-corrected chi connectivity index (χ1v) is 5.69. The fourth-order valence-electron chi connectivity index (χ4n) is 1.17. The van der Waals surface area contributed by atoms with Gasteiger partial charge in [-0.15, -0.1) is 0 Å². The number of ketones is 1. The Bertz CT molecular complexity index is 325. The summed E-state index contributed by atoms with van der Waals surface area (Å²) >= 11 is 0. The highest BCUT2D eigenvalue weighted by Gasteiger charge is 2.37. The van der Waals surface area contributed by atoms with E-state index in [0.717, 1.165) is 0 Å². The number of hydrogen-bond donors (Lipinski definition) is 5. The molecule has 0 aliphatic carbocycles. The Kier molecular flexibility index (Phi) is 6.53. The van der Waals surface area contributed by atoms with Crippen molar-refractivity contribution >= 4 is 11.8 Å². The molecule has 8 nitrogen and oxygen atoms in total. The van der Waals surface area contributed by atoms with Crippen LogP contribution in [0.4, 0.5) is 0 Å². The second-order valence-electron chi connectivity index (χ2n) is 5.12. The van der Waals surface area contributed by atoms with Crippen molar-refractivity contribution in [2.45, 2.75) is 50.7 Å². The van der Waals surface area contributed by atoms with Crippen molar-refractivity contribution in [2.24, 2.45) is 5.73 Å². The summed E-state index contributed by atoms with van der Waals surface area (Å²) in [5.74, 6) is -2.48. The summed E-state index contributed by atoms with van der Waals surface area (Å²) in [6.45, 7) is 3.81. The highest BCUT2D eigenvalue weighted by Crippen LogP contribution is 2.10. The Balaban J connectivity index is 4.68. The number of esters is 1. The zero-order valence-electron chi connectivity index (χ0n) is 11.1. The number of carbonyl (C=O) groups is 2. The maximum absolute atomic E-state index is 11.6. The predicted molar refractivity (Wildman–Crippen MR) is 63.9 cm³/mol. The maximum Gasteiger partial charge on any atom is 0.376 e. The minimum absolute atomic E-state index is 0.828. The third kappa shape index (κ3) is 5.62. The van der Waals surface area contributed by atoms with E-state index in [1.54, 1.807) is 20.8 Å². The highest BCUT2D eigenvalue weighted by molar-refractivity contribution is 6.35. The number of rotatable bonds is 6. The molecule has 0 unspecified atom stereocenters.